The first-order chi connectivity index (χ1) is 8.18. The maximum Gasteiger partial charge on any atom is 0.180 e. The summed E-state index contributed by atoms with van der Waals surface area (Å²) in [7, 11) is -3.35. The van der Waals surface area contributed by atoms with E-state index < -0.39 is 9.84 Å². The Morgan fingerprint density at radius 2 is 1.83 bits per heavy atom. The van der Waals surface area contributed by atoms with Gasteiger partial charge in [0.1, 0.15) is 0 Å². The van der Waals surface area contributed by atoms with Gasteiger partial charge in [0.15, 0.2) is 9.84 Å². The van der Waals surface area contributed by atoms with Crippen molar-refractivity contribution < 1.29 is 8.42 Å². The van der Waals surface area contributed by atoms with E-state index in [1.54, 1.807) is 24.3 Å². The first-order valence-electron chi connectivity index (χ1n) is 5.71. The highest BCUT2D eigenvalue weighted by Crippen LogP contribution is 2.32. The minimum atomic E-state index is -3.35. The Morgan fingerprint density at radius 1 is 1.28 bits per heavy atom. The quantitative estimate of drug-likeness (QED) is 0.761. The molecule has 1 aromatic carbocycles. The Morgan fingerprint density at radius 3 is 2.28 bits per heavy atom. The lowest BCUT2D eigenvalue weighted by Crippen LogP contribution is -2.29. The zero-order chi connectivity index (χ0) is 14.0. The molecule has 18 heavy (non-hydrogen) atoms. The van der Waals surface area contributed by atoms with E-state index in [1.807, 2.05) is 20.8 Å². The second kappa shape index (κ2) is 5.93. The molecule has 5 heteroatoms. The van der Waals surface area contributed by atoms with Crippen molar-refractivity contribution in [3.8, 4) is 0 Å². The van der Waals surface area contributed by atoms with Gasteiger partial charge in [-0.3, -0.25) is 0 Å². The maximum atomic E-state index is 12.4. The molecule has 0 spiro atoms. The largest absolute Gasteiger partial charge is 0.224 e. The smallest absolute Gasteiger partial charge is 0.180 e. The van der Waals surface area contributed by atoms with Crippen LogP contribution in [-0.4, -0.2) is 19.5 Å². The molecule has 1 atom stereocenters. The molecule has 0 N–H and O–H groups in total. The lowest BCUT2D eigenvalue weighted by atomic mass is 9.83. The maximum absolute atomic E-state index is 12.4. The summed E-state index contributed by atoms with van der Waals surface area (Å²) in [6.45, 7) is 6.13. The van der Waals surface area contributed by atoms with Crippen LogP contribution in [0.1, 0.15) is 20.8 Å². The van der Waals surface area contributed by atoms with Gasteiger partial charge in [0.2, 0.25) is 0 Å². The first-order valence-corrected chi connectivity index (χ1v) is 8.87. The van der Waals surface area contributed by atoms with Crippen LogP contribution in [0.3, 0.4) is 0 Å². The van der Waals surface area contributed by atoms with Gasteiger partial charge < -0.3 is 0 Å². The van der Waals surface area contributed by atoms with Crippen LogP contribution in [0.2, 0.25) is 5.02 Å². The molecule has 0 aliphatic carbocycles. The number of hydrogen-bond donors (Lipinski definition) is 0. The zero-order valence-electron chi connectivity index (χ0n) is 10.8. The van der Waals surface area contributed by atoms with Gasteiger partial charge in [-0.1, -0.05) is 60.4 Å². The van der Waals surface area contributed by atoms with E-state index in [4.69, 9.17) is 11.6 Å². The number of benzene rings is 1. The molecule has 0 heterocycles. The molecule has 0 saturated carbocycles. The fourth-order valence-electron chi connectivity index (χ4n) is 1.58. The Kier molecular flexibility index (Phi) is 5.27. The third-order valence-corrected chi connectivity index (χ3v) is 6.09. The van der Waals surface area contributed by atoms with Crippen LogP contribution in [0, 0.1) is 11.3 Å². The normalized spacial score (nSPS) is 14.5. The molecule has 0 aliphatic rings. The van der Waals surface area contributed by atoms with Crippen molar-refractivity contribution in [1.29, 1.82) is 0 Å². The molecule has 0 amide bonds. The van der Waals surface area contributed by atoms with Crippen LogP contribution in [0.15, 0.2) is 29.2 Å². The van der Waals surface area contributed by atoms with Gasteiger partial charge in [-0.05, 0) is 23.5 Å². The Bertz CT molecular complexity index is 506. The van der Waals surface area contributed by atoms with E-state index in [0.29, 0.717) is 10.4 Å². The summed E-state index contributed by atoms with van der Waals surface area (Å²) in [6.07, 6.45) is 0. The van der Waals surface area contributed by atoms with Crippen molar-refractivity contribution in [2.45, 2.75) is 25.7 Å². The minimum absolute atomic E-state index is 0.0405. The number of hydrogen-bond acceptors (Lipinski definition) is 2. The third-order valence-electron chi connectivity index (χ3n) is 3.00. The predicted octanol–water partition coefficient (Wildman–Crippen LogP) is 4.17. The van der Waals surface area contributed by atoms with Crippen molar-refractivity contribution in [1.82, 2.24) is 0 Å². The van der Waals surface area contributed by atoms with Crippen LogP contribution in [-0.2, 0) is 9.84 Å². The van der Waals surface area contributed by atoms with Gasteiger partial charge in [0, 0.05) is 5.33 Å². The van der Waals surface area contributed by atoms with E-state index in [0.717, 1.165) is 0 Å². The number of sulfone groups is 1. The topological polar surface area (TPSA) is 34.1 Å². The van der Waals surface area contributed by atoms with E-state index in [2.05, 4.69) is 15.9 Å². The third kappa shape index (κ3) is 3.97. The Balaban J connectivity index is 3.06. The number of rotatable bonds is 4. The lowest BCUT2D eigenvalue weighted by Gasteiger charge is -2.29. The molecule has 0 saturated heterocycles. The molecule has 0 fully saturated rings. The second-order valence-corrected chi connectivity index (χ2v) is 8.49. The van der Waals surface area contributed by atoms with E-state index in [-0.39, 0.29) is 22.0 Å². The van der Waals surface area contributed by atoms with Gasteiger partial charge >= 0.3 is 0 Å². The fraction of sp³-hybridized carbons (Fsp3) is 0.538. The van der Waals surface area contributed by atoms with E-state index >= 15 is 0 Å². The van der Waals surface area contributed by atoms with Crippen LogP contribution in [0.5, 0.6) is 0 Å². The highest BCUT2D eigenvalue weighted by molar-refractivity contribution is 9.09. The van der Waals surface area contributed by atoms with Crippen LogP contribution in [0.4, 0.5) is 0 Å². The van der Waals surface area contributed by atoms with Gasteiger partial charge in [0.05, 0.1) is 15.7 Å². The number of halogens is 2. The fourth-order valence-corrected chi connectivity index (χ4v) is 5.55. The summed E-state index contributed by atoms with van der Waals surface area (Å²) in [5.41, 5.74) is -0.0716. The van der Waals surface area contributed by atoms with Gasteiger partial charge in [-0.2, -0.15) is 0 Å². The van der Waals surface area contributed by atoms with Crippen molar-refractivity contribution >= 4 is 37.4 Å². The van der Waals surface area contributed by atoms with Gasteiger partial charge in [-0.25, -0.2) is 8.42 Å². The predicted molar refractivity (Wildman–Crippen MR) is 80.2 cm³/mol. The van der Waals surface area contributed by atoms with E-state index in [1.165, 1.54) is 0 Å². The van der Waals surface area contributed by atoms with Crippen molar-refractivity contribution in [2.24, 2.45) is 11.3 Å². The Hall–Kier alpha value is -0.0600. The zero-order valence-corrected chi connectivity index (χ0v) is 13.9. The number of alkyl halides is 1. The molecule has 0 radical (unpaired) electrons. The minimum Gasteiger partial charge on any atom is -0.224 e. The summed E-state index contributed by atoms with van der Waals surface area (Å²) < 4.78 is 24.7. The lowest BCUT2D eigenvalue weighted by molar-refractivity contribution is 0.291. The monoisotopic (exact) mass is 352 g/mol. The molecule has 0 bridgehead atoms. The van der Waals surface area contributed by atoms with Crippen molar-refractivity contribution in [2.75, 3.05) is 11.1 Å². The van der Waals surface area contributed by atoms with Crippen molar-refractivity contribution in [3.63, 3.8) is 0 Å². The average Bonchev–Trinajstić information content (AvgIpc) is 2.24. The molecule has 0 aliphatic heterocycles. The molecular formula is C13H18BrClO2S. The summed E-state index contributed by atoms with van der Waals surface area (Å²) >= 11 is 9.36. The molecule has 1 rings (SSSR count). The highest BCUT2D eigenvalue weighted by Gasteiger charge is 2.30. The van der Waals surface area contributed by atoms with Crippen LogP contribution < -0.4 is 0 Å². The summed E-state index contributed by atoms with van der Waals surface area (Å²) in [4.78, 5) is 0.224. The molecule has 102 valence electrons. The molecule has 1 unspecified atom stereocenters. The average molecular weight is 354 g/mol. The summed E-state index contributed by atoms with van der Waals surface area (Å²) in [5, 5.41) is 0.944. The molecule has 0 aromatic heterocycles. The SMILES string of the molecule is CC(C)(C)C(CBr)CS(=O)(=O)c1ccccc1Cl. The van der Waals surface area contributed by atoms with Crippen molar-refractivity contribution in [3.05, 3.63) is 29.3 Å². The summed E-state index contributed by atoms with van der Waals surface area (Å²) in [5.74, 6) is 0.143. The highest BCUT2D eigenvalue weighted by atomic mass is 79.9. The van der Waals surface area contributed by atoms with E-state index in [9.17, 15) is 8.42 Å². The first kappa shape index (κ1) is 16.0. The molecule has 1 aromatic rings. The standard InChI is InChI=1S/C13H18BrClO2S/c1-13(2,3)10(8-14)9-18(16,17)12-7-5-4-6-11(12)15/h4-7,10H,8-9H2,1-3H3. The van der Waals surface area contributed by atoms with Crippen LogP contribution in [0.25, 0.3) is 0 Å². The van der Waals surface area contributed by atoms with Crippen LogP contribution >= 0.6 is 27.5 Å². The molecular weight excluding hydrogens is 336 g/mol. The second-order valence-electron chi connectivity index (χ2n) is 5.43. The van der Waals surface area contributed by atoms with Gasteiger partial charge in [0.25, 0.3) is 0 Å². The summed E-state index contributed by atoms with van der Waals surface area (Å²) in [6, 6.07) is 6.59. The Labute approximate surface area is 123 Å². The molecule has 2 nitrogen and oxygen atoms in total. The van der Waals surface area contributed by atoms with Gasteiger partial charge in [-0.15, -0.1) is 0 Å².